The minimum Gasteiger partial charge on any atom is -0.481 e. The number of ether oxygens (including phenoxy) is 1. The maximum Gasteiger partial charge on any atom is 0.573 e. The van der Waals surface area contributed by atoms with Crippen molar-refractivity contribution >= 4 is 23.5 Å². The van der Waals surface area contributed by atoms with Gasteiger partial charge >= 0.3 is 12.3 Å². The lowest BCUT2D eigenvalue weighted by Gasteiger charge is -2.44. The average molecular weight is 490 g/mol. The number of hydrogen-bond acceptors (Lipinski definition) is 4. The molecule has 2 aromatic rings. The van der Waals surface area contributed by atoms with Crippen molar-refractivity contribution in [2.24, 2.45) is 5.92 Å². The topological polar surface area (TPSA) is 95.9 Å². The number of fused-ring (bicyclic) bond motifs is 2. The minimum atomic E-state index is -4.81. The molecule has 2 N–H and O–H groups in total. The van der Waals surface area contributed by atoms with E-state index in [1.807, 2.05) is 24.3 Å². The van der Waals surface area contributed by atoms with Gasteiger partial charge in [-0.2, -0.15) is 0 Å². The molecule has 2 aliphatic rings. The van der Waals surface area contributed by atoms with Gasteiger partial charge in [0.2, 0.25) is 5.91 Å². The van der Waals surface area contributed by atoms with Gasteiger partial charge < -0.3 is 20.1 Å². The molecule has 1 aliphatic heterocycles. The summed E-state index contributed by atoms with van der Waals surface area (Å²) in [5.41, 5.74) is 1.86. The fourth-order valence-corrected chi connectivity index (χ4v) is 5.18. The van der Waals surface area contributed by atoms with Gasteiger partial charge in [-0.15, -0.1) is 13.2 Å². The molecule has 0 spiro atoms. The van der Waals surface area contributed by atoms with Crippen molar-refractivity contribution < 1.29 is 37.4 Å². The summed E-state index contributed by atoms with van der Waals surface area (Å²) in [5, 5.41) is 11.6. The van der Waals surface area contributed by atoms with Crippen LogP contribution in [0.5, 0.6) is 5.75 Å². The highest BCUT2D eigenvalue weighted by Crippen LogP contribution is 2.49. The first-order chi connectivity index (χ1) is 16.6. The molecule has 0 aromatic heterocycles. The molecule has 0 bridgehead atoms. The molecule has 2 amide bonds. The summed E-state index contributed by atoms with van der Waals surface area (Å²) in [4.78, 5) is 38.2. The lowest BCUT2D eigenvalue weighted by Crippen LogP contribution is -2.49. The molecule has 1 saturated carbocycles. The largest absolute Gasteiger partial charge is 0.573 e. The Hall–Kier alpha value is -3.56. The zero-order valence-corrected chi connectivity index (χ0v) is 18.8. The third-order valence-electron chi connectivity index (χ3n) is 6.61. The average Bonchev–Trinajstić information content (AvgIpc) is 3.28. The quantitative estimate of drug-likeness (QED) is 0.597. The van der Waals surface area contributed by atoms with Crippen LogP contribution in [0, 0.1) is 5.92 Å². The number of carboxylic acid groups (broad SMARTS) is 1. The minimum absolute atomic E-state index is 0.0425. The van der Waals surface area contributed by atoms with Gasteiger partial charge in [-0.1, -0.05) is 24.6 Å². The number of alkyl halides is 3. The molecule has 1 heterocycles. The number of nitrogens with one attached hydrogen (secondary N) is 1. The molecule has 2 aromatic carbocycles. The van der Waals surface area contributed by atoms with Crippen LogP contribution < -0.4 is 15.0 Å². The molecular weight excluding hydrogens is 465 g/mol. The van der Waals surface area contributed by atoms with E-state index < -0.39 is 18.1 Å². The Balaban J connectivity index is 1.58. The van der Waals surface area contributed by atoms with Crippen molar-refractivity contribution in [2.75, 3.05) is 11.4 Å². The monoisotopic (exact) mass is 490 g/mol. The summed E-state index contributed by atoms with van der Waals surface area (Å²) in [5.74, 6) is -2.03. The Kier molecular flexibility index (Phi) is 7.00. The van der Waals surface area contributed by atoms with E-state index in [-0.39, 0.29) is 48.1 Å². The molecule has 0 radical (unpaired) electrons. The highest BCUT2D eigenvalue weighted by Gasteiger charge is 2.45. The summed E-state index contributed by atoms with van der Waals surface area (Å²) in [7, 11) is 0. The van der Waals surface area contributed by atoms with Gasteiger partial charge in [0, 0.05) is 36.2 Å². The molecule has 1 aliphatic carbocycles. The third-order valence-corrected chi connectivity index (χ3v) is 6.61. The summed E-state index contributed by atoms with van der Waals surface area (Å²) < 4.78 is 41.4. The van der Waals surface area contributed by atoms with E-state index >= 15 is 0 Å². The van der Waals surface area contributed by atoms with Crippen LogP contribution in [0.15, 0.2) is 48.5 Å². The van der Waals surface area contributed by atoms with E-state index in [2.05, 4.69) is 10.1 Å². The summed E-state index contributed by atoms with van der Waals surface area (Å²) >= 11 is 0. The maximum atomic E-state index is 13.6. The summed E-state index contributed by atoms with van der Waals surface area (Å²) in [6.07, 6.45) is -2.63. The molecule has 3 atom stereocenters. The van der Waals surface area contributed by atoms with Gasteiger partial charge in [0.15, 0.2) is 0 Å². The second-order valence-corrected chi connectivity index (χ2v) is 8.77. The molecule has 186 valence electrons. The Labute approximate surface area is 199 Å². The highest BCUT2D eigenvalue weighted by atomic mass is 19.4. The number of carbonyl (C=O) groups is 3. The molecule has 0 saturated heterocycles. The van der Waals surface area contributed by atoms with Gasteiger partial charge in [-0.3, -0.25) is 14.4 Å². The predicted molar refractivity (Wildman–Crippen MR) is 120 cm³/mol. The van der Waals surface area contributed by atoms with Crippen molar-refractivity contribution in [3.63, 3.8) is 0 Å². The number of hydrogen-bond donors (Lipinski definition) is 2. The fraction of sp³-hybridized carbons (Fsp3) is 0.400. The fourth-order valence-electron chi connectivity index (χ4n) is 5.18. The van der Waals surface area contributed by atoms with E-state index in [1.165, 1.54) is 12.1 Å². The van der Waals surface area contributed by atoms with E-state index in [0.717, 1.165) is 37.0 Å². The van der Waals surface area contributed by atoms with Crippen LogP contribution in [0.2, 0.25) is 0 Å². The smallest absolute Gasteiger partial charge is 0.481 e. The van der Waals surface area contributed by atoms with Crippen LogP contribution in [0.1, 0.15) is 53.9 Å². The molecule has 1 fully saturated rings. The highest BCUT2D eigenvalue weighted by molar-refractivity contribution is 6.07. The summed E-state index contributed by atoms with van der Waals surface area (Å²) in [6, 6.07) is 12.2. The number of halogens is 3. The second kappa shape index (κ2) is 9.97. The Morgan fingerprint density at radius 1 is 1.03 bits per heavy atom. The van der Waals surface area contributed by atoms with Gasteiger partial charge in [-0.05, 0) is 54.7 Å². The Morgan fingerprint density at radius 2 is 1.74 bits per heavy atom. The first-order valence-electron chi connectivity index (χ1n) is 11.4. The number of carboxylic acids is 1. The van der Waals surface area contributed by atoms with Crippen LogP contribution in [0.4, 0.5) is 18.9 Å². The second-order valence-electron chi connectivity index (χ2n) is 8.77. The zero-order valence-electron chi connectivity index (χ0n) is 18.8. The van der Waals surface area contributed by atoms with E-state index in [1.54, 1.807) is 4.90 Å². The standard InChI is InChI=1S/C25H25F3N2O5/c26-25(27,28)35-16-10-8-15(9-11-16)24(34)30-20-6-2-1-4-17(20)19(18-5-3-7-21(18)30)14-29-22(31)12-13-23(32)33/h1-2,4,6,8-11,18-19,21H,3,5,7,12-14H2,(H,29,31)(H,32,33). The van der Waals surface area contributed by atoms with Crippen molar-refractivity contribution in [1.29, 1.82) is 0 Å². The molecule has 3 unspecified atom stereocenters. The van der Waals surface area contributed by atoms with Gasteiger partial charge in [0.25, 0.3) is 5.91 Å². The van der Waals surface area contributed by atoms with Crippen molar-refractivity contribution in [3.05, 3.63) is 59.7 Å². The summed E-state index contributed by atoms with van der Waals surface area (Å²) in [6.45, 7) is 0.335. The molecular formula is C25H25F3N2O5. The van der Waals surface area contributed by atoms with E-state index in [0.29, 0.717) is 12.2 Å². The van der Waals surface area contributed by atoms with Crippen LogP contribution in [-0.2, 0) is 9.59 Å². The van der Waals surface area contributed by atoms with Gasteiger partial charge in [0.1, 0.15) is 5.75 Å². The Bertz CT molecular complexity index is 1100. The number of para-hydroxylation sites is 1. The molecule has 10 heteroatoms. The number of nitrogens with zero attached hydrogens (tertiary/aromatic N) is 1. The number of rotatable bonds is 7. The number of benzene rings is 2. The van der Waals surface area contributed by atoms with Crippen molar-refractivity contribution in [1.82, 2.24) is 5.32 Å². The SMILES string of the molecule is O=C(O)CCC(=O)NCC1c2ccccc2N(C(=O)c2ccc(OC(F)(F)F)cc2)C2CCCC12. The number of carbonyl (C=O) groups excluding carboxylic acids is 2. The van der Waals surface area contributed by atoms with Crippen LogP contribution in [0.25, 0.3) is 0 Å². The van der Waals surface area contributed by atoms with E-state index in [9.17, 15) is 27.6 Å². The first kappa shape index (κ1) is 24.6. The van der Waals surface area contributed by atoms with Gasteiger partial charge in [-0.25, -0.2) is 0 Å². The van der Waals surface area contributed by atoms with E-state index in [4.69, 9.17) is 5.11 Å². The Morgan fingerprint density at radius 3 is 2.43 bits per heavy atom. The lowest BCUT2D eigenvalue weighted by molar-refractivity contribution is -0.274. The van der Waals surface area contributed by atoms with Crippen LogP contribution in [0.3, 0.4) is 0 Å². The normalized spacial score (nSPS) is 21.1. The predicted octanol–water partition coefficient (Wildman–Crippen LogP) is 4.48. The van der Waals surface area contributed by atoms with Gasteiger partial charge in [0.05, 0.1) is 6.42 Å². The molecule has 35 heavy (non-hydrogen) atoms. The third kappa shape index (κ3) is 5.58. The number of aliphatic carboxylic acids is 1. The first-order valence-corrected chi connectivity index (χ1v) is 11.4. The maximum absolute atomic E-state index is 13.6. The molecule has 4 rings (SSSR count). The number of anilines is 1. The van der Waals surface area contributed by atoms with Crippen LogP contribution >= 0.6 is 0 Å². The molecule has 7 nitrogen and oxygen atoms in total. The zero-order chi connectivity index (χ0) is 25.2. The van der Waals surface area contributed by atoms with Crippen LogP contribution in [-0.4, -0.2) is 41.8 Å². The van der Waals surface area contributed by atoms with Crippen molar-refractivity contribution in [3.8, 4) is 5.75 Å². The number of amides is 2. The van der Waals surface area contributed by atoms with Crippen molar-refractivity contribution in [2.45, 2.75) is 50.4 Å². The lowest BCUT2D eigenvalue weighted by atomic mass is 9.77.